The number of carbonyl (C=O) groups is 1. The van der Waals surface area contributed by atoms with E-state index in [0.29, 0.717) is 18.1 Å². The van der Waals surface area contributed by atoms with E-state index >= 15 is 0 Å². The minimum absolute atomic E-state index is 0.222. The third-order valence-electron chi connectivity index (χ3n) is 2.10. The van der Waals surface area contributed by atoms with Crippen LogP contribution in [0.4, 0.5) is 5.82 Å². The number of hydrogen-bond donors (Lipinski definition) is 2. The van der Waals surface area contributed by atoms with E-state index < -0.39 is 5.97 Å². The first-order chi connectivity index (χ1) is 8.25. The zero-order valence-corrected chi connectivity index (χ0v) is 8.87. The molecule has 0 unspecified atom stereocenters. The molecule has 0 spiro atoms. The van der Waals surface area contributed by atoms with E-state index in [4.69, 9.17) is 5.11 Å². The van der Waals surface area contributed by atoms with Gasteiger partial charge in [0.1, 0.15) is 12.1 Å². The van der Waals surface area contributed by atoms with Gasteiger partial charge in [-0.25, -0.2) is 14.8 Å². The lowest BCUT2D eigenvalue weighted by Gasteiger charge is -2.04. The summed E-state index contributed by atoms with van der Waals surface area (Å²) in [5, 5.41) is 11.8. The quantitative estimate of drug-likeness (QED) is 0.820. The lowest BCUT2D eigenvalue weighted by atomic mass is 10.2. The van der Waals surface area contributed by atoms with Gasteiger partial charge in [0.2, 0.25) is 0 Å². The summed E-state index contributed by atoms with van der Waals surface area (Å²) in [6.07, 6.45) is 4.53. The SMILES string of the molecule is O=C(O)c1ccnc(CNc2ccncn2)c1. The van der Waals surface area contributed by atoms with Crippen LogP contribution in [0.3, 0.4) is 0 Å². The Morgan fingerprint density at radius 1 is 1.29 bits per heavy atom. The fraction of sp³-hybridized carbons (Fsp3) is 0.0909. The predicted molar refractivity (Wildman–Crippen MR) is 60.6 cm³/mol. The van der Waals surface area contributed by atoms with E-state index in [2.05, 4.69) is 20.3 Å². The Morgan fingerprint density at radius 2 is 2.18 bits per heavy atom. The molecule has 6 heteroatoms. The van der Waals surface area contributed by atoms with Crippen molar-refractivity contribution in [1.29, 1.82) is 0 Å². The smallest absolute Gasteiger partial charge is 0.335 e. The van der Waals surface area contributed by atoms with Gasteiger partial charge in [-0.2, -0.15) is 0 Å². The van der Waals surface area contributed by atoms with Crippen molar-refractivity contribution in [1.82, 2.24) is 15.0 Å². The highest BCUT2D eigenvalue weighted by Gasteiger charge is 2.04. The summed E-state index contributed by atoms with van der Waals surface area (Å²) in [5.74, 6) is -0.293. The minimum atomic E-state index is -0.962. The number of anilines is 1. The van der Waals surface area contributed by atoms with Gasteiger partial charge in [0.25, 0.3) is 0 Å². The van der Waals surface area contributed by atoms with Crippen molar-refractivity contribution in [3.8, 4) is 0 Å². The van der Waals surface area contributed by atoms with Crippen molar-refractivity contribution in [3.05, 3.63) is 48.2 Å². The van der Waals surface area contributed by atoms with Gasteiger partial charge in [0, 0.05) is 12.4 Å². The minimum Gasteiger partial charge on any atom is -0.478 e. The molecule has 2 aromatic rings. The average molecular weight is 230 g/mol. The van der Waals surface area contributed by atoms with Gasteiger partial charge >= 0.3 is 5.97 Å². The number of carboxylic acid groups (broad SMARTS) is 1. The monoisotopic (exact) mass is 230 g/mol. The maximum atomic E-state index is 10.8. The second-order valence-corrected chi connectivity index (χ2v) is 3.29. The molecular weight excluding hydrogens is 220 g/mol. The van der Waals surface area contributed by atoms with Crippen LogP contribution in [0.2, 0.25) is 0 Å². The molecule has 0 aliphatic rings. The van der Waals surface area contributed by atoms with Crippen LogP contribution in [-0.4, -0.2) is 26.0 Å². The first kappa shape index (κ1) is 11.0. The number of nitrogens with one attached hydrogen (secondary N) is 1. The van der Waals surface area contributed by atoms with Gasteiger partial charge in [-0.05, 0) is 18.2 Å². The summed E-state index contributed by atoms with van der Waals surface area (Å²) in [6.45, 7) is 0.415. The number of rotatable bonds is 4. The van der Waals surface area contributed by atoms with E-state index in [1.54, 1.807) is 12.3 Å². The predicted octanol–water partition coefficient (Wildman–Crippen LogP) is 1.18. The number of aromatic nitrogens is 3. The number of carboxylic acids is 1. The number of nitrogens with zero attached hydrogens (tertiary/aromatic N) is 3. The molecule has 0 aliphatic heterocycles. The topological polar surface area (TPSA) is 88.0 Å². The summed E-state index contributed by atoms with van der Waals surface area (Å²) in [4.78, 5) is 22.6. The van der Waals surface area contributed by atoms with Gasteiger partial charge in [0.05, 0.1) is 17.8 Å². The van der Waals surface area contributed by atoms with Crippen molar-refractivity contribution >= 4 is 11.8 Å². The first-order valence-corrected chi connectivity index (χ1v) is 4.94. The van der Waals surface area contributed by atoms with Gasteiger partial charge < -0.3 is 10.4 Å². The summed E-state index contributed by atoms with van der Waals surface area (Å²) in [5.41, 5.74) is 0.864. The van der Waals surface area contributed by atoms with Crippen LogP contribution < -0.4 is 5.32 Å². The molecule has 0 saturated heterocycles. The third-order valence-corrected chi connectivity index (χ3v) is 2.10. The second-order valence-electron chi connectivity index (χ2n) is 3.29. The Balaban J connectivity index is 2.04. The molecule has 0 saturated carbocycles. The highest BCUT2D eigenvalue weighted by atomic mass is 16.4. The van der Waals surface area contributed by atoms with Crippen molar-refractivity contribution in [3.63, 3.8) is 0 Å². The average Bonchev–Trinajstić information content (AvgIpc) is 2.38. The lowest BCUT2D eigenvalue weighted by molar-refractivity contribution is 0.0696. The molecule has 86 valence electrons. The fourth-order valence-electron chi connectivity index (χ4n) is 1.28. The zero-order chi connectivity index (χ0) is 12.1. The summed E-state index contributed by atoms with van der Waals surface area (Å²) >= 11 is 0. The normalized spacial score (nSPS) is 9.88. The van der Waals surface area contributed by atoms with Gasteiger partial charge in [-0.15, -0.1) is 0 Å². The highest BCUT2D eigenvalue weighted by Crippen LogP contribution is 2.05. The molecule has 2 rings (SSSR count). The first-order valence-electron chi connectivity index (χ1n) is 4.94. The molecule has 17 heavy (non-hydrogen) atoms. The van der Waals surface area contributed by atoms with Gasteiger partial charge in [0.15, 0.2) is 0 Å². The molecule has 2 N–H and O–H groups in total. The third kappa shape index (κ3) is 2.97. The molecular formula is C11H10N4O2. The van der Waals surface area contributed by atoms with Crippen LogP contribution in [0.15, 0.2) is 36.9 Å². The van der Waals surface area contributed by atoms with Crippen LogP contribution in [-0.2, 0) is 6.54 Å². The van der Waals surface area contributed by atoms with Crippen LogP contribution >= 0.6 is 0 Å². The van der Waals surface area contributed by atoms with E-state index in [9.17, 15) is 4.79 Å². The fourth-order valence-corrected chi connectivity index (χ4v) is 1.28. The molecule has 0 aromatic carbocycles. The molecule has 0 aliphatic carbocycles. The maximum Gasteiger partial charge on any atom is 0.335 e. The van der Waals surface area contributed by atoms with E-state index in [0.717, 1.165) is 0 Å². The van der Waals surface area contributed by atoms with Crippen LogP contribution in [0.1, 0.15) is 16.1 Å². The van der Waals surface area contributed by atoms with E-state index in [1.807, 2.05) is 0 Å². The van der Waals surface area contributed by atoms with Crippen molar-refractivity contribution in [2.75, 3.05) is 5.32 Å². The second kappa shape index (κ2) is 5.02. The van der Waals surface area contributed by atoms with E-state index in [1.165, 1.54) is 24.7 Å². The van der Waals surface area contributed by atoms with Crippen LogP contribution in [0, 0.1) is 0 Å². The molecule has 2 heterocycles. The zero-order valence-electron chi connectivity index (χ0n) is 8.87. The Kier molecular flexibility index (Phi) is 3.25. The molecule has 2 aromatic heterocycles. The molecule has 0 atom stereocenters. The lowest BCUT2D eigenvalue weighted by Crippen LogP contribution is -2.05. The Hall–Kier alpha value is -2.50. The standard InChI is InChI=1S/C11H10N4O2/c16-11(17)8-1-4-13-9(5-8)6-14-10-2-3-12-7-15-10/h1-5,7H,6H2,(H,16,17)(H,12,14,15). The van der Waals surface area contributed by atoms with Gasteiger partial charge in [-0.1, -0.05) is 0 Å². The van der Waals surface area contributed by atoms with Crippen LogP contribution in [0.5, 0.6) is 0 Å². The molecule has 0 bridgehead atoms. The van der Waals surface area contributed by atoms with Crippen molar-refractivity contribution in [2.45, 2.75) is 6.54 Å². The Morgan fingerprint density at radius 3 is 2.88 bits per heavy atom. The Labute approximate surface area is 97.4 Å². The van der Waals surface area contributed by atoms with Crippen LogP contribution in [0.25, 0.3) is 0 Å². The number of hydrogen-bond acceptors (Lipinski definition) is 5. The Bertz CT molecular complexity index is 516. The molecule has 0 amide bonds. The summed E-state index contributed by atoms with van der Waals surface area (Å²) in [6, 6.07) is 4.70. The van der Waals surface area contributed by atoms with Crippen molar-refractivity contribution < 1.29 is 9.90 Å². The number of pyridine rings is 1. The molecule has 0 fully saturated rings. The largest absolute Gasteiger partial charge is 0.478 e. The molecule has 6 nitrogen and oxygen atoms in total. The molecule has 0 radical (unpaired) electrons. The highest BCUT2D eigenvalue weighted by molar-refractivity contribution is 5.87. The maximum absolute atomic E-state index is 10.8. The summed E-state index contributed by atoms with van der Waals surface area (Å²) < 4.78 is 0. The van der Waals surface area contributed by atoms with Gasteiger partial charge in [-0.3, -0.25) is 4.98 Å². The number of aromatic carboxylic acids is 1. The van der Waals surface area contributed by atoms with E-state index in [-0.39, 0.29) is 5.56 Å². The van der Waals surface area contributed by atoms with Crippen molar-refractivity contribution in [2.24, 2.45) is 0 Å². The summed E-state index contributed by atoms with van der Waals surface area (Å²) in [7, 11) is 0.